The lowest BCUT2D eigenvalue weighted by Crippen LogP contribution is -2.27. The summed E-state index contributed by atoms with van der Waals surface area (Å²) in [6.45, 7) is 10.4. The highest BCUT2D eigenvalue weighted by atomic mass is 16.6. The van der Waals surface area contributed by atoms with E-state index < -0.39 is 17.5 Å². The van der Waals surface area contributed by atoms with E-state index in [0.717, 1.165) is 0 Å². The van der Waals surface area contributed by atoms with E-state index in [9.17, 15) is 9.59 Å². The van der Waals surface area contributed by atoms with Gasteiger partial charge in [0, 0.05) is 5.57 Å². The maximum Gasteiger partial charge on any atom is 0.333 e. The SMILES string of the molecule is C=C(C)C(=O)OCCOCC(=O)OC(C)(C)C. The number of rotatable bonds is 6. The number of esters is 2. The van der Waals surface area contributed by atoms with Gasteiger partial charge in [0.25, 0.3) is 0 Å². The Hall–Kier alpha value is -1.36. The zero-order chi connectivity index (χ0) is 13.5. The molecule has 17 heavy (non-hydrogen) atoms. The van der Waals surface area contributed by atoms with Gasteiger partial charge >= 0.3 is 11.9 Å². The number of carbonyl (C=O) groups excluding carboxylic acids is 2. The molecule has 5 heteroatoms. The molecule has 0 fully saturated rings. The van der Waals surface area contributed by atoms with Crippen LogP contribution < -0.4 is 0 Å². The molecule has 0 unspecified atom stereocenters. The highest BCUT2D eigenvalue weighted by Gasteiger charge is 2.15. The minimum absolute atomic E-state index is 0.0918. The van der Waals surface area contributed by atoms with Gasteiger partial charge in [0.2, 0.25) is 0 Å². The third-order valence-corrected chi connectivity index (χ3v) is 1.45. The van der Waals surface area contributed by atoms with Crippen LogP contribution in [-0.2, 0) is 23.8 Å². The molecule has 0 spiro atoms. The second-order valence-corrected chi connectivity index (χ2v) is 4.56. The Morgan fingerprint density at radius 3 is 2.24 bits per heavy atom. The normalized spacial score (nSPS) is 10.8. The van der Waals surface area contributed by atoms with Gasteiger partial charge in [0.05, 0.1) is 6.61 Å². The van der Waals surface area contributed by atoms with Crippen LogP contribution in [0.15, 0.2) is 12.2 Å². The van der Waals surface area contributed by atoms with E-state index in [0.29, 0.717) is 5.57 Å². The molecule has 0 saturated heterocycles. The molecular formula is C12H20O5. The van der Waals surface area contributed by atoms with Crippen molar-refractivity contribution in [2.24, 2.45) is 0 Å². The quantitative estimate of drug-likeness (QED) is 0.402. The molecule has 0 aliphatic heterocycles. The molecule has 0 aromatic rings. The summed E-state index contributed by atoms with van der Waals surface area (Å²) in [6, 6.07) is 0. The Morgan fingerprint density at radius 1 is 1.18 bits per heavy atom. The molecule has 0 bridgehead atoms. The molecular weight excluding hydrogens is 224 g/mol. The molecule has 0 amide bonds. The van der Waals surface area contributed by atoms with E-state index in [4.69, 9.17) is 14.2 Å². The zero-order valence-corrected chi connectivity index (χ0v) is 10.9. The molecule has 98 valence electrons. The molecule has 0 saturated carbocycles. The number of hydrogen-bond acceptors (Lipinski definition) is 5. The van der Waals surface area contributed by atoms with E-state index in [2.05, 4.69) is 6.58 Å². The van der Waals surface area contributed by atoms with Crippen LogP contribution in [0.3, 0.4) is 0 Å². The summed E-state index contributed by atoms with van der Waals surface area (Å²) in [6.07, 6.45) is 0. The maximum atomic E-state index is 11.2. The zero-order valence-electron chi connectivity index (χ0n) is 10.9. The molecule has 0 heterocycles. The fourth-order valence-corrected chi connectivity index (χ4v) is 0.843. The van der Waals surface area contributed by atoms with Crippen molar-refractivity contribution in [2.45, 2.75) is 33.3 Å². The van der Waals surface area contributed by atoms with Gasteiger partial charge in [0.15, 0.2) is 0 Å². The van der Waals surface area contributed by atoms with Gasteiger partial charge in [-0.3, -0.25) is 0 Å². The fraction of sp³-hybridized carbons (Fsp3) is 0.667. The van der Waals surface area contributed by atoms with E-state index in [-0.39, 0.29) is 19.8 Å². The summed E-state index contributed by atoms with van der Waals surface area (Å²) >= 11 is 0. The summed E-state index contributed by atoms with van der Waals surface area (Å²) in [4.78, 5) is 22.2. The lowest BCUT2D eigenvalue weighted by atomic mass is 10.2. The first kappa shape index (κ1) is 15.6. The first-order valence-electron chi connectivity index (χ1n) is 5.34. The Morgan fingerprint density at radius 2 is 1.76 bits per heavy atom. The first-order chi connectivity index (χ1) is 7.72. The second kappa shape index (κ2) is 7.06. The highest BCUT2D eigenvalue weighted by molar-refractivity contribution is 5.86. The molecule has 0 aromatic carbocycles. The van der Waals surface area contributed by atoms with Gasteiger partial charge in [-0.15, -0.1) is 0 Å². The largest absolute Gasteiger partial charge is 0.460 e. The van der Waals surface area contributed by atoms with Crippen LogP contribution in [0.4, 0.5) is 0 Å². The average molecular weight is 244 g/mol. The maximum absolute atomic E-state index is 11.2. The van der Waals surface area contributed by atoms with Gasteiger partial charge in [-0.2, -0.15) is 0 Å². The summed E-state index contributed by atoms with van der Waals surface area (Å²) in [7, 11) is 0. The van der Waals surface area contributed by atoms with Gasteiger partial charge in [-0.25, -0.2) is 9.59 Å². The van der Waals surface area contributed by atoms with Crippen molar-refractivity contribution in [3.8, 4) is 0 Å². The molecule has 0 aliphatic rings. The number of carbonyl (C=O) groups is 2. The summed E-state index contributed by atoms with van der Waals surface area (Å²) in [5.74, 6) is -0.908. The Kier molecular flexibility index (Phi) is 6.50. The van der Waals surface area contributed by atoms with Crippen LogP contribution in [0.1, 0.15) is 27.7 Å². The van der Waals surface area contributed by atoms with Crippen LogP contribution >= 0.6 is 0 Å². The Balaban J connectivity index is 3.56. The van der Waals surface area contributed by atoms with Crippen LogP contribution in [-0.4, -0.2) is 37.4 Å². The average Bonchev–Trinajstić information content (AvgIpc) is 2.13. The number of ether oxygens (including phenoxy) is 3. The Labute approximate surface area is 102 Å². The van der Waals surface area contributed by atoms with E-state index >= 15 is 0 Å². The highest BCUT2D eigenvalue weighted by Crippen LogP contribution is 2.06. The molecule has 0 aliphatic carbocycles. The second-order valence-electron chi connectivity index (χ2n) is 4.56. The van der Waals surface area contributed by atoms with Crippen LogP contribution in [0.25, 0.3) is 0 Å². The standard InChI is InChI=1S/C12H20O5/c1-9(2)11(14)16-7-6-15-8-10(13)17-12(3,4)5/h1,6-8H2,2-5H3. The molecule has 0 radical (unpaired) electrons. The minimum Gasteiger partial charge on any atom is -0.460 e. The summed E-state index contributed by atoms with van der Waals surface area (Å²) in [5.41, 5.74) is -0.190. The smallest absolute Gasteiger partial charge is 0.333 e. The van der Waals surface area contributed by atoms with Crippen molar-refractivity contribution in [3.63, 3.8) is 0 Å². The summed E-state index contributed by atoms with van der Waals surface area (Å²) < 4.78 is 14.8. The topological polar surface area (TPSA) is 61.8 Å². The molecule has 5 nitrogen and oxygen atoms in total. The molecule has 0 N–H and O–H groups in total. The van der Waals surface area contributed by atoms with E-state index in [1.54, 1.807) is 27.7 Å². The molecule has 0 atom stereocenters. The third-order valence-electron chi connectivity index (χ3n) is 1.45. The van der Waals surface area contributed by atoms with Crippen LogP contribution in [0, 0.1) is 0 Å². The van der Waals surface area contributed by atoms with Gasteiger partial charge < -0.3 is 14.2 Å². The van der Waals surface area contributed by atoms with Gasteiger partial charge in [-0.05, 0) is 27.7 Å². The van der Waals surface area contributed by atoms with Crippen molar-refractivity contribution in [1.29, 1.82) is 0 Å². The van der Waals surface area contributed by atoms with E-state index in [1.165, 1.54) is 0 Å². The van der Waals surface area contributed by atoms with Crippen molar-refractivity contribution in [3.05, 3.63) is 12.2 Å². The van der Waals surface area contributed by atoms with Crippen molar-refractivity contribution in [2.75, 3.05) is 19.8 Å². The predicted octanol–water partition coefficient (Wildman–Crippen LogP) is 1.46. The monoisotopic (exact) mass is 244 g/mol. The number of hydrogen-bond donors (Lipinski definition) is 0. The third kappa shape index (κ3) is 9.56. The first-order valence-corrected chi connectivity index (χ1v) is 5.34. The van der Waals surface area contributed by atoms with Crippen molar-refractivity contribution < 1.29 is 23.8 Å². The van der Waals surface area contributed by atoms with Crippen molar-refractivity contribution in [1.82, 2.24) is 0 Å². The van der Waals surface area contributed by atoms with Crippen LogP contribution in [0.5, 0.6) is 0 Å². The lowest BCUT2D eigenvalue weighted by molar-refractivity contribution is -0.160. The Bertz CT molecular complexity index is 288. The van der Waals surface area contributed by atoms with Crippen molar-refractivity contribution >= 4 is 11.9 Å². The minimum atomic E-state index is -0.521. The predicted molar refractivity (Wildman–Crippen MR) is 62.4 cm³/mol. The molecule has 0 aromatic heterocycles. The van der Waals surface area contributed by atoms with Gasteiger partial charge in [0.1, 0.15) is 18.8 Å². The lowest BCUT2D eigenvalue weighted by Gasteiger charge is -2.19. The van der Waals surface area contributed by atoms with Crippen LogP contribution in [0.2, 0.25) is 0 Å². The summed E-state index contributed by atoms with van der Waals surface area (Å²) in [5, 5.41) is 0. The fourth-order valence-electron chi connectivity index (χ4n) is 0.843. The molecule has 0 rings (SSSR count). The van der Waals surface area contributed by atoms with E-state index in [1.807, 2.05) is 0 Å². The van der Waals surface area contributed by atoms with Gasteiger partial charge in [-0.1, -0.05) is 6.58 Å².